The summed E-state index contributed by atoms with van der Waals surface area (Å²) in [5, 5.41) is 0. The van der Waals surface area contributed by atoms with Crippen molar-refractivity contribution in [3.8, 4) is 0 Å². The first kappa shape index (κ1) is 18.3. The Morgan fingerprint density at radius 3 is 2.79 bits per heavy atom. The van der Waals surface area contributed by atoms with Crippen molar-refractivity contribution in [3.63, 3.8) is 0 Å². The number of rotatable bonds is 5. The molecule has 0 aromatic heterocycles. The molecule has 2 N–H and O–H groups in total. The van der Waals surface area contributed by atoms with Crippen LogP contribution in [0.15, 0.2) is 40.5 Å². The Hall–Kier alpha value is -2.05. The van der Waals surface area contributed by atoms with Gasteiger partial charge in [0.25, 0.3) is 0 Å². The van der Waals surface area contributed by atoms with Crippen molar-refractivity contribution in [1.82, 2.24) is 0 Å². The molecule has 1 aromatic carbocycles. The summed E-state index contributed by atoms with van der Waals surface area (Å²) in [7, 11) is 1.58. The van der Waals surface area contributed by atoms with E-state index in [4.69, 9.17) is 15.2 Å². The van der Waals surface area contributed by atoms with Crippen LogP contribution in [0, 0.1) is 5.82 Å². The van der Waals surface area contributed by atoms with E-state index in [1.165, 1.54) is 19.1 Å². The van der Waals surface area contributed by atoms with Gasteiger partial charge in [-0.2, -0.15) is 0 Å². The normalized spacial score (nSPS) is 24.9. The average Bonchev–Trinajstić information content (AvgIpc) is 2.55. The Morgan fingerprint density at radius 1 is 1.46 bits per heavy atom. The predicted molar refractivity (Wildman–Crippen MR) is 90.6 cm³/mol. The maximum absolute atomic E-state index is 13.4. The number of ether oxygens (including phenoxy) is 2. The fourth-order valence-corrected chi connectivity index (χ4v) is 2.84. The number of methoxy groups -OCH3 is 1. The van der Waals surface area contributed by atoms with Crippen molar-refractivity contribution in [3.05, 3.63) is 41.4 Å². The maximum Gasteiger partial charge on any atom is 0.175 e. The SMILES string of the molecule is CCOC1(OC)CC/C(=C(/N)C(C)=O)C(=Nc2cccc(F)c2)C1. The van der Waals surface area contributed by atoms with Crippen molar-refractivity contribution in [1.29, 1.82) is 0 Å². The molecule has 0 heterocycles. The molecule has 130 valence electrons. The summed E-state index contributed by atoms with van der Waals surface area (Å²) in [6.45, 7) is 3.80. The quantitative estimate of drug-likeness (QED) is 0.662. The zero-order chi connectivity index (χ0) is 17.7. The largest absolute Gasteiger partial charge is 0.396 e. The van der Waals surface area contributed by atoms with Gasteiger partial charge in [0.2, 0.25) is 0 Å². The minimum Gasteiger partial charge on any atom is -0.396 e. The number of ketones is 1. The van der Waals surface area contributed by atoms with Crippen LogP contribution in [-0.4, -0.2) is 31.0 Å². The topological polar surface area (TPSA) is 73.9 Å². The van der Waals surface area contributed by atoms with E-state index >= 15 is 0 Å². The van der Waals surface area contributed by atoms with Crippen LogP contribution >= 0.6 is 0 Å². The number of allylic oxidation sites excluding steroid dienone is 2. The van der Waals surface area contributed by atoms with Gasteiger partial charge in [0.1, 0.15) is 5.82 Å². The standard InChI is InChI=1S/C18H23FN2O3/c1-4-24-18(23-3)9-8-15(17(20)12(2)22)16(11-18)21-14-7-5-6-13(19)10-14/h5-7,10H,4,8-9,11,20H2,1-3H3/b17-15-,21-16?. The molecule has 1 aromatic rings. The van der Waals surface area contributed by atoms with E-state index in [1.807, 2.05) is 6.92 Å². The highest BCUT2D eigenvalue weighted by atomic mass is 19.1. The van der Waals surface area contributed by atoms with E-state index < -0.39 is 5.79 Å². The van der Waals surface area contributed by atoms with Gasteiger partial charge in [-0.15, -0.1) is 0 Å². The zero-order valence-corrected chi connectivity index (χ0v) is 14.3. The van der Waals surface area contributed by atoms with Gasteiger partial charge in [0.15, 0.2) is 11.6 Å². The Labute approximate surface area is 141 Å². The average molecular weight is 334 g/mol. The maximum atomic E-state index is 13.4. The number of halogens is 1. The number of aliphatic imine (C=N–C) groups is 1. The third-order valence-electron chi connectivity index (χ3n) is 4.10. The van der Waals surface area contributed by atoms with E-state index in [0.717, 1.165) is 0 Å². The van der Waals surface area contributed by atoms with E-state index in [0.29, 0.717) is 42.8 Å². The summed E-state index contributed by atoms with van der Waals surface area (Å²) in [5.74, 6) is -1.39. The number of nitrogens with zero attached hydrogens (tertiary/aromatic N) is 1. The number of nitrogens with two attached hydrogens (primary N) is 1. The van der Waals surface area contributed by atoms with Gasteiger partial charge in [-0.3, -0.25) is 9.79 Å². The molecule has 0 saturated heterocycles. The minimum atomic E-state index is -0.804. The third kappa shape index (κ3) is 4.07. The first-order valence-corrected chi connectivity index (χ1v) is 7.93. The van der Waals surface area contributed by atoms with Crippen molar-refractivity contribution in [2.75, 3.05) is 13.7 Å². The molecule has 1 fully saturated rings. The van der Waals surface area contributed by atoms with Crippen LogP contribution in [0.25, 0.3) is 0 Å². The van der Waals surface area contributed by atoms with E-state index in [2.05, 4.69) is 4.99 Å². The second-order valence-corrected chi connectivity index (χ2v) is 5.71. The second kappa shape index (κ2) is 7.68. The molecule has 1 saturated carbocycles. The smallest absolute Gasteiger partial charge is 0.175 e. The van der Waals surface area contributed by atoms with Crippen LogP contribution in [0.2, 0.25) is 0 Å². The van der Waals surface area contributed by atoms with Gasteiger partial charge in [-0.05, 0) is 31.5 Å². The Kier molecular flexibility index (Phi) is 5.85. The molecule has 5 nitrogen and oxygen atoms in total. The highest BCUT2D eigenvalue weighted by molar-refractivity contribution is 6.09. The molecule has 1 unspecified atom stereocenters. The zero-order valence-electron chi connectivity index (χ0n) is 14.3. The molecule has 2 rings (SSSR count). The number of carbonyl (C=O) groups excluding carboxylic acids is 1. The lowest BCUT2D eigenvalue weighted by Crippen LogP contribution is -2.42. The van der Waals surface area contributed by atoms with Crippen LogP contribution in [0.5, 0.6) is 0 Å². The molecule has 0 aliphatic heterocycles. The third-order valence-corrected chi connectivity index (χ3v) is 4.10. The van der Waals surface area contributed by atoms with Crippen LogP contribution < -0.4 is 5.73 Å². The summed E-state index contributed by atoms with van der Waals surface area (Å²) in [6.07, 6.45) is 1.42. The molecular weight excluding hydrogens is 311 g/mol. The summed E-state index contributed by atoms with van der Waals surface area (Å²) < 4.78 is 24.8. The van der Waals surface area contributed by atoms with Crippen LogP contribution in [0.4, 0.5) is 10.1 Å². The van der Waals surface area contributed by atoms with Gasteiger partial charge in [-0.1, -0.05) is 6.07 Å². The lowest BCUT2D eigenvalue weighted by atomic mass is 9.85. The second-order valence-electron chi connectivity index (χ2n) is 5.71. The summed E-state index contributed by atoms with van der Waals surface area (Å²) in [5.41, 5.74) is 7.88. The van der Waals surface area contributed by atoms with Gasteiger partial charge in [0.05, 0.1) is 17.1 Å². The molecule has 0 spiro atoms. The molecule has 0 amide bonds. The minimum absolute atomic E-state index is 0.186. The number of Topliss-reactive ketones (excluding diaryl/α,β-unsaturated/α-hetero) is 1. The fourth-order valence-electron chi connectivity index (χ4n) is 2.84. The highest BCUT2D eigenvalue weighted by Gasteiger charge is 2.38. The summed E-state index contributed by atoms with van der Waals surface area (Å²) in [4.78, 5) is 16.2. The van der Waals surface area contributed by atoms with Gasteiger partial charge in [0, 0.05) is 39.1 Å². The molecule has 0 radical (unpaired) electrons. The number of benzene rings is 1. The van der Waals surface area contributed by atoms with Gasteiger partial charge < -0.3 is 15.2 Å². The highest BCUT2D eigenvalue weighted by Crippen LogP contribution is 2.35. The first-order chi connectivity index (χ1) is 11.4. The predicted octanol–water partition coefficient (Wildman–Crippen LogP) is 3.26. The monoisotopic (exact) mass is 334 g/mol. The molecule has 1 atom stereocenters. The van der Waals surface area contributed by atoms with Crippen molar-refractivity contribution in [2.45, 2.75) is 38.9 Å². The summed E-state index contributed by atoms with van der Waals surface area (Å²) >= 11 is 0. The van der Waals surface area contributed by atoms with Gasteiger partial charge >= 0.3 is 0 Å². The van der Waals surface area contributed by atoms with Crippen molar-refractivity contribution >= 4 is 17.2 Å². The van der Waals surface area contributed by atoms with Crippen molar-refractivity contribution in [2.24, 2.45) is 10.7 Å². The van der Waals surface area contributed by atoms with Crippen LogP contribution in [-0.2, 0) is 14.3 Å². The molecule has 1 aliphatic rings. The molecule has 24 heavy (non-hydrogen) atoms. The fraction of sp³-hybridized carbons (Fsp3) is 0.444. The van der Waals surface area contributed by atoms with E-state index in [1.54, 1.807) is 19.2 Å². The van der Waals surface area contributed by atoms with Crippen molar-refractivity contribution < 1.29 is 18.7 Å². The Bertz CT molecular complexity index is 685. The Balaban J connectivity index is 2.48. The van der Waals surface area contributed by atoms with E-state index in [-0.39, 0.29) is 17.3 Å². The summed E-state index contributed by atoms with van der Waals surface area (Å²) in [6, 6.07) is 5.96. The number of hydrogen-bond acceptors (Lipinski definition) is 5. The lowest BCUT2D eigenvalue weighted by Gasteiger charge is -2.37. The number of hydrogen-bond donors (Lipinski definition) is 1. The van der Waals surface area contributed by atoms with Crippen LogP contribution in [0.1, 0.15) is 33.1 Å². The van der Waals surface area contributed by atoms with Gasteiger partial charge in [-0.25, -0.2) is 4.39 Å². The lowest BCUT2D eigenvalue weighted by molar-refractivity contribution is -0.220. The molecule has 1 aliphatic carbocycles. The molecule has 0 bridgehead atoms. The number of carbonyl (C=O) groups is 1. The van der Waals surface area contributed by atoms with Crippen LogP contribution in [0.3, 0.4) is 0 Å². The van der Waals surface area contributed by atoms with E-state index in [9.17, 15) is 9.18 Å². The molecular formula is C18H23FN2O3. The first-order valence-electron chi connectivity index (χ1n) is 7.93. The molecule has 6 heteroatoms. The Morgan fingerprint density at radius 2 is 2.21 bits per heavy atom.